The molecular weight excluding hydrogens is 367 g/mol. The molecule has 4 aliphatic rings. The van der Waals surface area contributed by atoms with E-state index in [0.717, 1.165) is 37.4 Å². The first-order valence-electron chi connectivity index (χ1n) is 11.7. The molecule has 0 spiro atoms. The number of aromatic nitrogens is 2. The lowest BCUT2D eigenvalue weighted by molar-refractivity contribution is -0.133. The Bertz CT molecular complexity index is 752. The monoisotopic (exact) mass is 402 g/mol. The van der Waals surface area contributed by atoms with Crippen molar-refractivity contribution in [2.75, 3.05) is 6.67 Å². The zero-order chi connectivity index (χ0) is 20.2. The van der Waals surface area contributed by atoms with Crippen molar-refractivity contribution in [2.24, 2.45) is 40.9 Å². The number of Topliss-reactive ketones (excluding diaryl/α,β-unsaturated/α-hetero) is 1. The van der Waals surface area contributed by atoms with E-state index in [1.165, 1.54) is 19.3 Å². The second-order valence-corrected chi connectivity index (χ2v) is 10.9. The molecule has 0 unspecified atom stereocenters. The summed E-state index contributed by atoms with van der Waals surface area (Å²) in [5.41, 5.74) is -0.931. The first-order valence-corrected chi connectivity index (χ1v) is 11.7. The van der Waals surface area contributed by atoms with Gasteiger partial charge in [0, 0.05) is 18.3 Å². The summed E-state index contributed by atoms with van der Waals surface area (Å²) < 4.78 is 13.3. The van der Waals surface area contributed by atoms with Crippen molar-refractivity contribution in [1.29, 1.82) is 0 Å². The highest BCUT2D eigenvalue weighted by Crippen LogP contribution is 2.64. The molecule has 160 valence electrons. The number of halogens is 1. The first-order chi connectivity index (χ1) is 13.9. The number of fused-ring (bicyclic) bond motifs is 5. The number of aliphatic hydroxyl groups is 1. The average molecular weight is 403 g/mol. The van der Waals surface area contributed by atoms with Gasteiger partial charge in [-0.2, -0.15) is 0 Å². The highest BCUT2D eigenvalue weighted by Gasteiger charge is 2.58. The Morgan fingerprint density at radius 1 is 1.17 bits per heavy atom. The molecule has 4 saturated carbocycles. The van der Waals surface area contributed by atoms with Crippen LogP contribution in [0, 0.1) is 40.9 Å². The number of imidazole rings is 1. The normalized spacial score (nSPS) is 46.6. The summed E-state index contributed by atoms with van der Waals surface area (Å²) in [6, 6.07) is 0. The molecule has 2 N–H and O–H groups in total. The average Bonchev–Trinajstić information content (AvgIpc) is 3.34. The molecule has 5 rings (SSSR count). The van der Waals surface area contributed by atoms with E-state index >= 15 is 0 Å². The summed E-state index contributed by atoms with van der Waals surface area (Å²) >= 11 is 0. The van der Waals surface area contributed by atoms with Gasteiger partial charge >= 0.3 is 0 Å². The number of hydrogen-bond donors (Lipinski definition) is 2. The van der Waals surface area contributed by atoms with Crippen LogP contribution in [0.1, 0.15) is 70.5 Å². The van der Waals surface area contributed by atoms with Gasteiger partial charge in [-0.15, -0.1) is 0 Å². The number of aromatic amines is 1. The lowest BCUT2D eigenvalue weighted by Crippen LogP contribution is -2.52. The maximum Gasteiger partial charge on any atom is 0.144 e. The van der Waals surface area contributed by atoms with Crippen molar-refractivity contribution in [1.82, 2.24) is 9.97 Å². The predicted octanol–water partition coefficient (Wildman–Crippen LogP) is 4.49. The van der Waals surface area contributed by atoms with Crippen molar-refractivity contribution >= 4 is 5.78 Å². The van der Waals surface area contributed by atoms with Gasteiger partial charge in [0.25, 0.3) is 0 Å². The highest BCUT2D eigenvalue weighted by molar-refractivity contribution is 5.83. The van der Waals surface area contributed by atoms with Crippen LogP contribution in [-0.2, 0) is 11.2 Å². The van der Waals surface area contributed by atoms with Crippen molar-refractivity contribution in [3.63, 3.8) is 0 Å². The summed E-state index contributed by atoms with van der Waals surface area (Å²) in [4.78, 5) is 20.5. The standard InChI is InChI=1S/C24H35FN2O2/c1-23-8-6-17-16-7-9-24(29,14-25)13-15(16)2-3-18(17)19(23)4-5-20(23)21(28)12-22-26-10-11-27-22/h10-11,15-20,29H,2-9,12-14H2,1H3,(H,26,27)/t15-,16-,17+,18+,19-,20+,23-,24+/m0/s1. The van der Waals surface area contributed by atoms with Crippen LogP contribution in [0.15, 0.2) is 12.4 Å². The third kappa shape index (κ3) is 3.19. The van der Waals surface area contributed by atoms with Crippen molar-refractivity contribution in [3.05, 3.63) is 18.2 Å². The van der Waals surface area contributed by atoms with E-state index in [2.05, 4.69) is 16.9 Å². The number of alkyl halides is 1. The number of H-pyrrole nitrogens is 1. The molecule has 4 nitrogen and oxygen atoms in total. The van der Waals surface area contributed by atoms with Crippen molar-refractivity contribution in [2.45, 2.75) is 76.7 Å². The molecule has 0 amide bonds. The van der Waals surface area contributed by atoms with Crippen LogP contribution in [0.5, 0.6) is 0 Å². The van der Waals surface area contributed by atoms with Crippen LogP contribution in [0.25, 0.3) is 0 Å². The van der Waals surface area contributed by atoms with Gasteiger partial charge in [-0.25, -0.2) is 9.37 Å². The maximum atomic E-state index is 13.3. The summed E-state index contributed by atoms with van der Waals surface area (Å²) in [5, 5.41) is 10.5. The Balaban J connectivity index is 1.31. The molecule has 0 radical (unpaired) electrons. The minimum atomic E-state index is -1.06. The smallest absolute Gasteiger partial charge is 0.144 e. The third-order valence-electron chi connectivity index (χ3n) is 9.64. The zero-order valence-corrected chi connectivity index (χ0v) is 17.6. The number of carbonyl (C=O) groups excluding carboxylic acids is 1. The van der Waals surface area contributed by atoms with Gasteiger partial charge in [0.2, 0.25) is 0 Å². The molecule has 4 fully saturated rings. The van der Waals surface area contributed by atoms with E-state index in [1.54, 1.807) is 12.4 Å². The summed E-state index contributed by atoms with van der Waals surface area (Å²) in [6.07, 6.45) is 13.1. The summed E-state index contributed by atoms with van der Waals surface area (Å²) in [6.45, 7) is 1.80. The van der Waals surface area contributed by atoms with Crippen LogP contribution in [-0.4, -0.2) is 33.1 Å². The molecule has 4 aliphatic carbocycles. The Labute approximate surface area is 173 Å². The van der Waals surface area contributed by atoms with Crippen molar-refractivity contribution in [3.8, 4) is 0 Å². The number of rotatable bonds is 4. The molecule has 0 saturated heterocycles. The number of carbonyl (C=O) groups is 1. The summed E-state index contributed by atoms with van der Waals surface area (Å²) in [7, 11) is 0. The van der Waals surface area contributed by atoms with Crippen LogP contribution in [0.2, 0.25) is 0 Å². The van der Waals surface area contributed by atoms with Crippen LogP contribution >= 0.6 is 0 Å². The number of nitrogens with zero attached hydrogens (tertiary/aromatic N) is 1. The van der Waals surface area contributed by atoms with Gasteiger partial charge in [-0.1, -0.05) is 6.92 Å². The minimum Gasteiger partial charge on any atom is -0.387 e. The van der Waals surface area contributed by atoms with Gasteiger partial charge in [0.15, 0.2) is 0 Å². The first kappa shape index (κ1) is 19.7. The quantitative estimate of drug-likeness (QED) is 0.780. The van der Waals surface area contributed by atoms with E-state index in [9.17, 15) is 14.3 Å². The molecule has 29 heavy (non-hydrogen) atoms. The molecule has 1 heterocycles. The van der Waals surface area contributed by atoms with Crippen LogP contribution < -0.4 is 0 Å². The second kappa shape index (κ2) is 7.18. The fraction of sp³-hybridized carbons (Fsp3) is 0.833. The zero-order valence-electron chi connectivity index (χ0n) is 17.6. The van der Waals surface area contributed by atoms with Gasteiger partial charge in [0.1, 0.15) is 18.3 Å². The second-order valence-electron chi connectivity index (χ2n) is 10.9. The van der Waals surface area contributed by atoms with Gasteiger partial charge < -0.3 is 10.1 Å². The fourth-order valence-electron chi connectivity index (χ4n) is 8.30. The van der Waals surface area contributed by atoms with Gasteiger partial charge in [-0.05, 0) is 92.8 Å². The minimum absolute atomic E-state index is 0.131. The number of ketones is 1. The Morgan fingerprint density at radius 2 is 2.00 bits per heavy atom. The van der Waals surface area contributed by atoms with E-state index in [-0.39, 0.29) is 11.3 Å². The van der Waals surface area contributed by atoms with E-state index in [0.29, 0.717) is 48.7 Å². The Morgan fingerprint density at radius 3 is 2.76 bits per heavy atom. The molecule has 0 aromatic carbocycles. The van der Waals surface area contributed by atoms with E-state index < -0.39 is 12.3 Å². The van der Waals surface area contributed by atoms with E-state index in [1.807, 2.05) is 0 Å². The van der Waals surface area contributed by atoms with Crippen LogP contribution in [0.4, 0.5) is 4.39 Å². The lowest BCUT2D eigenvalue weighted by atomic mass is 9.49. The molecule has 8 atom stereocenters. The predicted molar refractivity (Wildman–Crippen MR) is 109 cm³/mol. The van der Waals surface area contributed by atoms with E-state index in [4.69, 9.17) is 0 Å². The molecule has 1 aromatic heterocycles. The molecule has 0 aliphatic heterocycles. The Hall–Kier alpha value is -1.23. The maximum absolute atomic E-state index is 13.3. The Kier molecular flexibility index (Phi) is 4.88. The molecule has 5 heteroatoms. The van der Waals surface area contributed by atoms with Gasteiger partial charge in [-0.3, -0.25) is 4.79 Å². The summed E-state index contributed by atoms with van der Waals surface area (Å²) in [5.74, 6) is 4.55. The topological polar surface area (TPSA) is 66.0 Å². The molecule has 1 aromatic rings. The van der Waals surface area contributed by atoms with Crippen LogP contribution in [0.3, 0.4) is 0 Å². The van der Waals surface area contributed by atoms with Gasteiger partial charge in [0.05, 0.1) is 12.0 Å². The SMILES string of the molecule is C[C@]12CC[C@H]3[C@@H](CC[C@H]4C[C@@](O)(CF)CC[C@@H]43)[C@@H]1CC[C@@H]2C(=O)Cc1ncc[nH]1. The lowest BCUT2D eigenvalue weighted by Gasteiger charge is -2.57. The highest BCUT2D eigenvalue weighted by atomic mass is 19.1. The third-order valence-corrected chi connectivity index (χ3v) is 9.64. The number of nitrogens with one attached hydrogen (secondary N) is 1. The molecular formula is C24H35FN2O2. The fourth-order valence-corrected chi connectivity index (χ4v) is 8.30. The largest absolute Gasteiger partial charge is 0.387 e. The number of hydrogen-bond acceptors (Lipinski definition) is 3. The van der Waals surface area contributed by atoms with Crippen molar-refractivity contribution < 1.29 is 14.3 Å². The molecule has 0 bridgehead atoms.